The molecule has 1 aromatic heterocycles. The smallest absolute Gasteiger partial charge is 0.125 e. The van der Waals surface area contributed by atoms with Crippen molar-refractivity contribution in [2.75, 3.05) is 0 Å². The van der Waals surface area contributed by atoms with Gasteiger partial charge in [-0.2, -0.15) is 0 Å². The minimum Gasteiger partial charge on any atom is -0.491 e. The molecule has 0 bridgehead atoms. The molecule has 1 heterocycles. The summed E-state index contributed by atoms with van der Waals surface area (Å²) in [6.45, 7) is 5.93. The number of thiazole rings is 1. The van der Waals surface area contributed by atoms with E-state index in [2.05, 4.69) is 4.98 Å². The summed E-state index contributed by atoms with van der Waals surface area (Å²) in [5.74, 6) is 0.747. The molecule has 102 valence electrons. The van der Waals surface area contributed by atoms with E-state index < -0.39 is 6.10 Å². The standard InChI is InChI=1S/C15H19NO2S/c1-10(2)18-15-7-5-4-6-13(15)14(17)8-12-9-19-11(3)16-12/h4-7,9-10,14,17H,8H2,1-3H3. The molecule has 2 aromatic rings. The van der Waals surface area contributed by atoms with E-state index in [4.69, 9.17) is 4.74 Å². The van der Waals surface area contributed by atoms with E-state index >= 15 is 0 Å². The third-order valence-electron chi connectivity index (χ3n) is 2.71. The van der Waals surface area contributed by atoms with Crippen LogP contribution in [-0.2, 0) is 6.42 Å². The minimum absolute atomic E-state index is 0.0925. The van der Waals surface area contributed by atoms with Crippen molar-refractivity contribution in [3.05, 3.63) is 45.9 Å². The Labute approximate surface area is 117 Å². The lowest BCUT2D eigenvalue weighted by Gasteiger charge is -2.17. The lowest BCUT2D eigenvalue weighted by atomic mass is 10.0. The average molecular weight is 277 g/mol. The summed E-state index contributed by atoms with van der Waals surface area (Å²) in [7, 11) is 0. The molecule has 1 unspecified atom stereocenters. The Morgan fingerprint density at radius 2 is 2.05 bits per heavy atom. The third kappa shape index (κ3) is 3.78. The molecular formula is C15H19NO2S. The van der Waals surface area contributed by atoms with E-state index in [9.17, 15) is 5.11 Å². The van der Waals surface area contributed by atoms with Crippen molar-refractivity contribution in [1.82, 2.24) is 4.98 Å². The molecule has 0 aliphatic heterocycles. The Balaban J connectivity index is 2.16. The number of hydrogen-bond acceptors (Lipinski definition) is 4. The maximum absolute atomic E-state index is 10.4. The summed E-state index contributed by atoms with van der Waals surface area (Å²) < 4.78 is 5.73. The van der Waals surface area contributed by atoms with Crippen molar-refractivity contribution in [3.8, 4) is 5.75 Å². The van der Waals surface area contributed by atoms with Gasteiger partial charge in [0.05, 0.1) is 22.9 Å². The lowest BCUT2D eigenvalue weighted by Crippen LogP contribution is -2.10. The average Bonchev–Trinajstić information content (AvgIpc) is 2.74. The normalized spacial score (nSPS) is 12.7. The number of ether oxygens (including phenoxy) is 1. The number of rotatable bonds is 5. The summed E-state index contributed by atoms with van der Waals surface area (Å²) >= 11 is 1.60. The second-order valence-corrected chi connectivity index (χ2v) is 5.84. The van der Waals surface area contributed by atoms with Crippen molar-refractivity contribution in [2.24, 2.45) is 0 Å². The van der Waals surface area contributed by atoms with Gasteiger partial charge in [0, 0.05) is 17.4 Å². The molecule has 0 aliphatic rings. The van der Waals surface area contributed by atoms with E-state index in [1.54, 1.807) is 11.3 Å². The lowest BCUT2D eigenvalue weighted by molar-refractivity contribution is 0.165. The van der Waals surface area contributed by atoms with E-state index in [1.165, 1.54) is 0 Å². The molecule has 0 aliphatic carbocycles. The number of para-hydroxylation sites is 1. The molecule has 2 rings (SSSR count). The van der Waals surface area contributed by atoms with Crippen LogP contribution in [0.15, 0.2) is 29.6 Å². The first-order chi connectivity index (χ1) is 9.06. The summed E-state index contributed by atoms with van der Waals surface area (Å²) in [5, 5.41) is 13.4. The van der Waals surface area contributed by atoms with Crippen LogP contribution in [0.4, 0.5) is 0 Å². The van der Waals surface area contributed by atoms with E-state index in [-0.39, 0.29) is 6.10 Å². The summed E-state index contributed by atoms with van der Waals surface area (Å²) in [4.78, 5) is 4.38. The number of hydrogen-bond donors (Lipinski definition) is 1. The summed E-state index contributed by atoms with van der Waals surface area (Å²) in [5.41, 5.74) is 1.75. The van der Waals surface area contributed by atoms with Gasteiger partial charge >= 0.3 is 0 Å². The maximum atomic E-state index is 10.4. The fourth-order valence-electron chi connectivity index (χ4n) is 1.93. The van der Waals surface area contributed by atoms with E-state index in [0.717, 1.165) is 22.0 Å². The Kier molecular flexibility index (Phi) is 4.56. The number of aryl methyl sites for hydroxylation is 1. The van der Waals surface area contributed by atoms with Crippen molar-refractivity contribution in [3.63, 3.8) is 0 Å². The molecule has 0 spiro atoms. The first kappa shape index (κ1) is 14.0. The molecule has 0 radical (unpaired) electrons. The van der Waals surface area contributed by atoms with Crippen LogP contribution in [0, 0.1) is 6.92 Å². The van der Waals surface area contributed by atoms with Crippen LogP contribution in [0.2, 0.25) is 0 Å². The number of aromatic nitrogens is 1. The molecule has 0 fully saturated rings. The van der Waals surface area contributed by atoms with Crippen molar-refractivity contribution in [2.45, 2.75) is 39.4 Å². The van der Waals surface area contributed by atoms with Crippen molar-refractivity contribution >= 4 is 11.3 Å². The second-order valence-electron chi connectivity index (χ2n) is 4.78. The van der Waals surface area contributed by atoms with Crippen LogP contribution >= 0.6 is 11.3 Å². The largest absolute Gasteiger partial charge is 0.491 e. The predicted octanol–water partition coefficient (Wildman–Crippen LogP) is 3.51. The first-order valence-electron chi connectivity index (χ1n) is 6.41. The van der Waals surface area contributed by atoms with Gasteiger partial charge in [-0.25, -0.2) is 4.98 Å². The van der Waals surface area contributed by atoms with Gasteiger partial charge in [-0.1, -0.05) is 18.2 Å². The minimum atomic E-state index is -0.587. The number of nitrogens with zero attached hydrogens (tertiary/aromatic N) is 1. The molecule has 19 heavy (non-hydrogen) atoms. The van der Waals surface area contributed by atoms with Gasteiger partial charge in [0.1, 0.15) is 5.75 Å². The Hall–Kier alpha value is -1.39. The molecule has 0 amide bonds. The monoisotopic (exact) mass is 277 g/mol. The predicted molar refractivity (Wildman–Crippen MR) is 77.7 cm³/mol. The molecule has 3 nitrogen and oxygen atoms in total. The van der Waals surface area contributed by atoms with Crippen LogP contribution < -0.4 is 4.74 Å². The summed E-state index contributed by atoms with van der Waals surface area (Å²) in [6, 6.07) is 7.63. The highest BCUT2D eigenvalue weighted by molar-refractivity contribution is 7.09. The Morgan fingerprint density at radius 3 is 2.68 bits per heavy atom. The Morgan fingerprint density at radius 1 is 1.32 bits per heavy atom. The highest BCUT2D eigenvalue weighted by atomic mass is 32.1. The maximum Gasteiger partial charge on any atom is 0.125 e. The SMILES string of the molecule is Cc1nc(CC(O)c2ccccc2OC(C)C)cs1. The molecule has 1 N–H and O–H groups in total. The van der Waals surface area contributed by atoms with Gasteiger partial charge < -0.3 is 9.84 Å². The van der Waals surface area contributed by atoms with Gasteiger partial charge in [0.2, 0.25) is 0 Å². The highest BCUT2D eigenvalue weighted by Crippen LogP contribution is 2.28. The summed E-state index contributed by atoms with van der Waals surface area (Å²) in [6.07, 6.45) is 0.0225. The number of aliphatic hydroxyl groups is 1. The van der Waals surface area contributed by atoms with Gasteiger partial charge in [0.25, 0.3) is 0 Å². The molecule has 0 saturated heterocycles. The van der Waals surface area contributed by atoms with Crippen LogP contribution in [0.5, 0.6) is 5.75 Å². The van der Waals surface area contributed by atoms with Gasteiger partial charge in [-0.3, -0.25) is 0 Å². The Bertz CT molecular complexity index is 536. The van der Waals surface area contributed by atoms with Gasteiger partial charge in [0.15, 0.2) is 0 Å². The van der Waals surface area contributed by atoms with Gasteiger partial charge in [-0.15, -0.1) is 11.3 Å². The molecule has 0 saturated carbocycles. The molecule has 1 atom stereocenters. The topological polar surface area (TPSA) is 42.4 Å². The molecular weight excluding hydrogens is 258 g/mol. The van der Waals surface area contributed by atoms with Crippen molar-refractivity contribution in [1.29, 1.82) is 0 Å². The zero-order valence-corrected chi connectivity index (χ0v) is 12.3. The fraction of sp³-hybridized carbons (Fsp3) is 0.400. The number of benzene rings is 1. The van der Waals surface area contributed by atoms with Crippen LogP contribution in [0.25, 0.3) is 0 Å². The zero-order chi connectivity index (χ0) is 13.8. The van der Waals surface area contributed by atoms with E-state index in [0.29, 0.717) is 6.42 Å². The van der Waals surface area contributed by atoms with Crippen molar-refractivity contribution < 1.29 is 9.84 Å². The van der Waals surface area contributed by atoms with Crippen LogP contribution in [-0.4, -0.2) is 16.2 Å². The van der Waals surface area contributed by atoms with Gasteiger partial charge in [-0.05, 0) is 26.8 Å². The van der Waals surface area contributed by atoms with E-state index in [1.807, 2.05) is 50.4 Å². The second kappa shape index (κ2) is 6.17. The zero-order valence-electron chi connectivity index (χ0n) is 11.5. The van der Waals surface area contributed by atoms with Crippen LogP contribution in [0.1, 0.15) is 36.2 Å². The molecule has 4 heteroatoms. The highest BCUT2D eigenvalue weighted by Gasteiger charge is 2.15. The quantitative estimate of drug-likeness (QED) is 0.909. The third-order valence-corrected chi connectivity index (χ3v) is 3.53. The fourth-order valence-corrected chi connectivity index (χ4v) is 2.55. The van der Waals surface area contributed by atoms with Crippen LogP contribution in [0.3, 0.4) is 0 Å². The first-order valence-corrected chi connectivity index (χ1v) is 7.29. The number of aliphatic hydroxyl groups excluding tert-OH is 1. The molecule has 1 aromatic carbocycles.